The van der Waals surface area contributed by atoms with Gasteiger partial charge in [0.2, 0.25) is 10.0 Å². The van der Waals surface area contributed by atoms with Gasteiger partial charge in [0.05, 0.1) is 4.90 Å². The van der Waals surface area contributed by atoms with Crippen LogP contribution in [0.3, 0.4) is 0 Å². The molecule has 9 heteroatoms. The fraction of sp³-hybridized carbons (Fsp3) is 0.286. The van der Waals surface area contributed by atoms with Crippen molar-refractivity contribution in [3.63, 3.8) is 0 Å². The van der Waals surface area contributed by atoms with Gasteiger partial charge in [-0.05, 0) is 54.2 Å². The second-order valence-corrected chi connectivity index (χ2v) is 11.0. The Balaban J connectivity index is 1.53. The molecule has 4 rings (SSSR count). The number of carbonyl (C=O) groups is 1. The van der Waals surface area contributed by atoms with E-state index in [2.05, 4.69) is 0 Å². The summed E-state index contributed by atoms with van der Waals surface area (Å²) in [5.74, 6) is 0.745. The summed E-state index contributed by atoms with van der Waals surface area (Å²) in [5.41, 5.74) is 8.25. The van der Waals surface area contributed by atoms with Gasteiger partial charge in [0.25, 0.3) is 0 Å². The van der Waals surface area contributed by atoms with Crippen molar-refractivity contribution in [2.45, 2.75) is 43.5 Å². The van der Waals surface area contributed by atoms with Crippen LogP contribution in [-0.2, 0) is 16.6 Å². The third-order valence-corrected chi connectivity index (χ3v) is 7.61. The number of rotatable bonds is 8. The highest BCUT2D eigenvalue weighted by atomic mass is 32.2. The molecule has 1 amide bonds. The van der Waals surface area contributed by atoms with Crippen molar-refractivity contribution in [3.8, 4) is 16.9 Å². The lowest BCUT2D eigenvalue weighted by Gasteiger charge is -2.29. The monoisotopic (exact) mass is 520 g/mol. The van der Waals surface area contributed by atoms with Crippen molar-refractivity contribution < 1.29 is 17.9 Å². The van der Waals surface area contributed by atoms with Crippen LogP contribution in [0.15, 0.2) is 77.7 Å². The summed E-state index contributed by atoms with van der Waals surface area (Å²) in [6.07, 6.45) is 5.24. The second kappa shape index (κ2) is 11.6. The quantitative estimate of drug-likeness (QED) is 0.287. The first kappa shape index (κ1) is 26.4. The average molecular weight is 521 g/mol. The van der Waals surface area contributed by atoms with E-state index in [9.17, 15) is 13.2 Å². The molecule has 0 radical (unpaired) electrons. The van der Waals surface area contributed by atoms with Crippen molar-refractivity contribution >= 4 is 22.0 Å². The number of sulfonamides is 1. The highest BCUT2D eigenvalue weighted by molar-refractivity contribution is 7.89. The number of nitrogens with zero attached hydrogens (tertiary/aromatic N) is 1. The van der Waals surface area contributed by atoms with E-state index < -0.39 is 16.1 Å². The number of hydrogen-bond donors (Lipinski definition) is 3. The fourth-order valence-corrected chi connectivity index (χ4v) is 5.52. The van der Waals surface area contributed by atoms with Gasteiger partial charge >= 0.3 is 6.09 Å². The van der Waals surface area contributed by atoms with Crippen LogP contribution in [0.2, 0.25) is 0 Å². The number of amides is 1. The molecule has 0 unspecified atom stereocenters. The fourth-order valence-electron chi connectivity index (χ4n) is 4.76. The minimum Gasteiger partial charge on any atom is -0.410 e. The Bertz CT molecular complexity index is 1370. The summed E-state index contributed by atoms with van der Waals surface area (Å²) < 4.78 is 29.7. The first-order valence-corrected chi connectivity index (χ1v) is 13.9. The van der Waals surface area contributed by atoms with Crippen LogP contribution in [0, 0.1) is 11.3 Å². The molecule has 0 aliphatic heterocycles. The summed E-state index contributed by atoms with van der Waals surface area (Å²) in [7, 11) is -3.89. The number of nitrogen functional groups attached to an aromatic ring is 1. The van der Waals surface area contributed by atoms with Gasteiger partial charge < -0.3 is 15.4 Å². The van der Waals surface area contributed by atoms with E-state index in [1.807, 2.05) is 18.2 Å². The molecule has 3 aromatic carbocycles. The van der Waals surface area contributed by atoms with Crippen molar-refractivity contribution in [1.29, 1.82) is 5.41 Å². The molecule has 0 aromatic heterocycles. The van der Waals surface area contributed by atoms with Crippen LogP contribution in [-0.4, -0.2) is 31.8 Å². The van der Waals surface area contributed by atoms with Gasteiger partial charge in [0, 0.05) is 24.2 Å². The Morgan fingerprint density at radius 3 is 2.35 bits per heavy atom. The number of carbonyl (C=O) groups excluding carboxylic acids is 1. The molecule has 0 heterocycles. The summed E-state index contributed by atoms with van der Waals surface area (Å²) in [4.78, 5) is 15.0. The van der Waals surface area contributed by atoms with E-state index >= 15 is 0 Å². The Hall–Kier alpha value is -3.69. The van der Waals surface area contributed by atoms with Crippen molar-refractivity contribution in [3.05, 3.63) is 83.9 Å². The molecular formula is C28H32N4O4S. The van der Waals surface area contributed by atoms with Crippen LogP contribution in [0.5, 0.6) is 5.75 Å². The highest BCUT2D eigenvalue weighted by Gasteiger charge is 2.23. The summed E-state index contributed by atoms with van der Waals surface area (Å²) in [6.45, 7) is 0.930. The molecule has 1 saturated carbocycles. The van der Waals surface area contributed by atoms with Gasteiger partial charge in [-0.3, -0.25) is 5.41 Å². The van der Waals surface area contributed by atoms with Crippen LogP contribution in [0.25, 0.3) is 11.1 Å². The Kier molecular flexibility index (Phi) is 8.25. The molecule has 1 aliphatic rings. The molecule has 0 bridgehead atoms. The molecule has 0 spiro atoms. The number of nitrogens with two attached hydrogens (primary N) is 2. The van der Waals surface area contributed by atoms with Gasteiger partial charge in [-0.1, -0.05) is 67.8 Å². The molecule has 194 valence electrons. The largest absolute Gasteiger partial charge is 0.415 e. The van der Waals surface area contributed by atoms with E-state index in [-0.39, 0.29) is 10.7 Å². The van der Waals surface area contributed by atoms with Crippen molar-refractivity contribution in [2.75, 3.05) is 6.54 Å². The lowest BCUT2D eigenvalue weighted by molar-refractivity contribution is 0.134. The lowest BCUT2D eigenvalue weighted by atomic mass is 9.89. The zero-order valence-electron chi connectivity index (χ0n) is 20.6. The van der Waals surface area contributed by atoms with E-state index in [4.69, 9.17) is 21.0 Å². The maximum Gasteiger partial charge on any atom is 0.415 e. The summed E-state index contributed by atoms with van der Waals surface area (Å²) in [5, 5.41) is 13.1. The van der Waals surface area contributed by atoms with Gasteiger partial charge in [-0.25, -0.2) is 18.4 Å². The summed E-state index contributed by atoms with van der Waals surface area (Å²) in [6, 6.07) is 20.5. The molecule has 1 fully saturated rings. The Morgan fingerprint density at radius 2 is 1.68 bits per heavy atom. The average Bonchev–Trinajstić information content (AvgIpc) is 2.89. The Labute approximate surface area is 217 Å². The number of primary sulfonamides is 1. The van der Waals surface area contributed by atoms with Crippen molar-refractivity contribution in [1.82, 2.24) is 4.90 Å². The SMILES string of the molecule is N=C(N)c1cccc(CN(CC2CCCCC2)C(=O)Oc2ccc(-c3ccccc3S(N)(=O)=O)cc2)c1. The van der Waals surface area contributed by atoms with E-state index in [1.54, 1.807) is 53.4 Å². The topological polar surface area (TPSA) is 140 Å². The van der Waals surface area contributed by atoms with Gasteiger partial charge in [0.15, 0.2) is 0 Å². The minimum atomic E-state index is -3.89. The molecule has 37 heavy (non-hydrogen) atoms. The second-order valence-electron chi connectivity index (χ2n) is 9.43. The van der Waals surface area contributed by atoms with E-state index in [1.165, 1.54) is 12.5 Å². The number of benzene rings is 3. The number of ether oxygens (including phenoxy) is 1. The zero-order valence-corrected chi connectivity index (χ0v) is 21.4. The van der Waals surface area contributed by atoms with Crippen LogP contribution in [0.1, 0.15) is 43.2 Å². The molecular weight excluding hydrogens is 488 g/mol. The predicted molar refractivity (Wildman–Crippen MR) is 144 cm³/mol. The lowest BCUT2D eigenvalue weighted by Crippen LogP contribution is -2.37. The standard InChI is InChI=1S/C28H32N4O4S/c29-27(30)23-10-6-9-21(17-23)19-32(18-20-7-2-1-3-8-20)28(33)36-24-15-13-22(14-16-24)25-11-4-5-12-26(25)37(31,34)35/h4-6,9-17,20H,1-3,7-8,18-19H2,(H3,29,30)(H2,31,34,35). The van der Waals surface area contributed by atoms with Crippen LogP contribution >= 0.6 is 0 Å². The summed E-state index contributed by atoms with van der Waals surface area (Å²) >= 11 is 0. The number of nitrogens with one attached hydrogen (secondary N) is 1. The third-order valence-electron chi connectivity index (χ3n) is 6.64. The molecule has 3 aromatic rings. The first-order valence-electron chi connectivity index (χ1n) is 12.3. The zero-order chi connectivity index (χ0) is 26.4. The molecule has 0 saturated heterocycles. The van der Waals surface area contributed by atoms with Gasteiger partial charge in [-0.2, -0.15) is 0 Å². The molecule has 0 atom stereocenters. The maximum atomic E-state index is 13.3. The minimum absolute atomic E-state index is 0.0210. The molecule has 1 aliphatic carbocycles. The highest BCUT2D eigenvalue weighted by Crippen LogP contribution is 2.29. The van der Waals surface area contributed by atoms with Crippen LogP contribution < -0.4 is 15.6 Å². The van der Waals surface area contributed by atoms with E-state index in [0.29, 0.717) is 41.4 Å². The maximum absolute atomic E-state index is 13.3. The first-order chi connectivity index (χ1) is 17.7. The number of hydrogen-bond acceptors (Lipinski definition) is 5. The number of amidine groups is 1. The van der Waals surface area contributed by atoms with Crippen molar-refractivity contribution in [2.24, 2.45) is 16.8 Å². The predicted octanol–water partition coefficient (Wildman–Crippen LogP) is 4.87. The normalized spacial score (nSPS) is 14.2. The van der Waals surface area contributed by atoms with Gasteiger partial charge in [0.1, 0.15) is 11.6 Å². The molecule has 5 N–H and O–H groups in total. The third kappa shape index (κ3) is 6.96. The smallest absolute Gasteiger partial charge is 0.410 e. The van der Waals surface area contributed by atoms with Gasteiger partial charge in [-0.15, -0.1) is 0 Å². The molecule has 8 nitrogen and oxygen atoms in total. The Morgan fingerprint density at radius 1 is 0.973 bits per heavy atom. The van der Waals surface area contributed by atoms with Crippen LogP contribution in [0.4, 0.5) is 4.79 Å². The van der Waals surface area contributed by atoms with E-state index in [0.717, 1.165) is 31.2 Å².